The molecule has 0 aromatic carbocycles. The molecule has 0 unspecified atom stereocenters. The highest BCUT2D eigenvalue weighted by atomic mass is 16.5. The summed E-state index contributed by atoms with van der Waals surface area (Å²) in [6.07, 6.45) is 2.83. The highest BCUT2D eigenvalue weighted by molar-refractivity contribution is 5.90. The van der Waals surface area contributed by atoms with Gasteiger partial charge in [-0.05, 0) is 19.4 Å². The van der Waals surface area contributed by atoms with Crippen LogP contribution in [0.3, 0.4) is 0 Å². The van der Waals surface area contributed by atoms with Crippen LogP contribution in [-0.2, 0) is 14.3 Å². The van der Waals surface area contributed by atoms with E-state index in [-0.39, 0.29) is 6.15 Å². The molecule has 0 aliphatic heterocycles. The summed E-state index contributed by atoms with van der Waals surface area (Å²) in [7, 11) is 0. The molecule has 13 heavy (non-hydrogen) atoms. The molecule has 5 nitrogen and oxygen atoms in total. The molecule has 5 heteroatoms. The van der Waals surface area contributed by atoms with E-state index >= 15 is 0 Å². The molecular formula is C8H13NO4. The molecule has 0 rings (SSSR count). The maximum Gasteiger partial charge on any atom is 0.335 e. The molecule has 0 bridgehead atoms. The van der Waals surface area contributed by atoms with Crippen molar-refractivity contribution in [3.8, 4) is 0 Å². The molecule has 0 aliphatic carbocycles. The van der Waals surface area contributed by atoms with Crippen LogP contribution >= 0.6 is 0 Å². The van der Waals surface area contributed by atoms with Crippen molar-refractivity contribution in [2.75, 3.05) is 0 Å². The number of hydrogen-bond acceptors (Lipinski definition) is 4. The Morgan fingerprint density at radius 2 is 1.77 bits per heavy atom. The number of rotatable bonds is 3. The van der Waals surface area contributed by atoms with Gasteiger partial charge >= 0.3 is 11.9 Å². The second kappa shape index (κ2) is 7.05. The first-order chi connectivity index (χ1) is 5.52. The lowest BCUT2D eigenvalue weighted by atomic mass is 10.4. The molecule has 0 radical (unpaired) electrons. The Labute approximate surface area is 76.3 Å². The van der Waals surface area contributed by atoms with E-state index < -0.39 is 11.9 Å². The Balaban J connectivity index is 0. The van der Waals surface area contributed by atoms with Crippen molar-refractivity contribution in [3.05, 3.63) is 24.0 Å². The zero-order chi connectivity index (χ0) is 9.56. The standard InChI is InChI=1S/C8H10O4.H3N/c1-6(2)5-12-8(11)4-3-7(9)10;/h3-5H,1-2H3,(H,9,10);1H3/b4-3-;. The molecule has 0 heterocycles. The first-order valence-electron chi connectivity index (χ1n) is 3.27. The summed E-state index contributed by atoms with van der Waals surface area (Å²) >= 11 is 0. The number of carbonyl (C=O) groups excluding carboxylic acids is 1. The first-order valence-corrected chi connectivity index (χ1v) is 3.27. The van der Waals surface area contributed by atoms with E-state index in [0.29, 0.717) is 0 Å². The monoisotopic (exact) mass is 187 g/mol. The molecule has 0 fully saturated rings. The van der Waals surface area contributed by atoms with Crippen LogP contribution in [0, 0.1) is 0 Å². The minimum atomic E-state index is -1.18. The quantitative estimate of drug-likeness (QED) is 0.393. The van der Waals surface area contributed by atoms with Gasteiger partial charge in [-0.3, -0.25) is 0 Å². The fourth-order valence-corrected chi connectivity index (χ4v) is 0.355. The molecule has 0 aliphatic rings. The van der Waals surface area contributed by atoms with Crippen LogP contribution in [-0.4, -0.2) is 17.0 Å². The van der Waals surface area contributed by atoms with Gasteiger partial charge in [0.1, 0.15) is 0 Å². The largest absolute Gasteiger partial charge is 0.478 e. The third-order valence-electron chi connectivity index (χ3n) is 0.773. The van der Waals surface area contributed by atoms with Gasteiger partial charge in [0.05, 0.1) is 6.26 Å². The third-order valence-corrected chi connectivity index (χ3v) is 0.773. The van der Waals surface area contributed by atoms with Gasteiger partial charge in [-0.2, -0.15) is 0 Å². The van der Waals surface area contributed by atoms with Crippen molar-refractivity contribution in [3.63, 3.8) is 0 Å². The molecular weight excluding hydrogens is 174 g/mol. The number of carboxylic acid groups (broad SMARTS) is 1. The van der Waals surface area contributed by atoms with Crippen molar-refractivity contribution in [2.45, 2.75) is 13.8 Å². The molecule has 4 N–H and O–H groups in total. The van der Waals surface area contributed by atoms with Gasteiger partial charge < -0.3 is 16.0 Å². The number of allylic oxidation sites excluding steroid dienone is 1. The minimum absolute atomic E-state index is 0. The smallest absolute Gasteiger partial charge is 0.335 e. The summed E-state index contributed by atoms with van der Waals surface area (Å²) in [6, 6.07) is 0. The van der Waals surface area contributed by atoms with Crippen molar-refractivity contribution >= 4 is 11.9 Å². The molecule has 0 saturated carbocycles. The Morgan fingerprint density at radius 1 is 1.23 bits per heavy atom. The fourth-order valence-electron chi connectivity index (χ4n) is 0.355. The summed E-state index contributed by atoms with van der Waals surface area (Å²) in [5.41, 5.74) is 0.826. The molecule has 0 spiro atoms. The van der Waals surface area contributed by atoms with E-state index in [4.69, 9.17) is 5.11 Å². The van der Waals surface area contributed by atoms with Crippen LogP contribution < -0.4 is 6.15 Å². The normalized spacial score (nSPS) is 8.77. The molecule has 0 aromatic heterocycles. The number of hydrogen-bond donors (Lipinski definition) is 2. The lowest BCUT2D eigenvalue weighted by molar-refractivity contribution is -0.134. The van der Waals surface area contributed by atoms with Gasteiger partial charge in [0.15, 0.2) is 0 Å². The topological polar surface area (TPSA) is 98.6 Å². The third kappa shape index (κ3) is 10.4. The van der Waals surface area contributed by atoms with E-state index in [1.807, 2.05) is 0 Å². The van der Waals surface area contributed by atoms with Gasteiger partial charge in [0.25, 0.3) is 0 Å². The summed E-state index contributed by atoms with van der Waals surface area (Å²) in [5.74, 6) is -1.87. The zero-order valence-corrected chi connectivity index (χ0v) is 7.61. The second-order valence-electron chi connectivity index (χ2n) is 2.30. The average Bonchev–Trinajstić information content (AvgIpc) is 1.96. The van der Waals surface area contributed by atoms with Crippen LogP contribution in [0.25, 0.3) is 0 Å². The predicted molar refractivity (Wildman–Crippen MR) is 47.3 cm³/mol. The van der Waals surface area contributed by atoms with Gasteiger partial charge in [-0.1, -0.05) is 0 Å². The van der Waals surface area contributed by atoms with Crippen molar-refractivity contribution in [2.24, 2.45) is 0 Å². The van der Waals surface area contributed by atoms with Crippen molar-refractivity contribution in [1.82, 2.24) is 6.15 Å². The van der Waals surface area contributed by atoms with E-state index in [1.165, 1.54) is 6.26 Å². The molecule has 0 amide bonds. The van der Waals surface area contributed by atoms with Crippen molar-refractivity contribution < 1.29 is 19.4 Å². The molecule has 0 saturated heterocycles. The lowest BCUT2D eigenvalue weighted by Crippen LogP contribution is -1.96. The Hall–Kier alpha value is -1.62. The number of esters is 1. The summed E-state index contributed by atoms with van der Waals surface area (Å²) < 4.78 is 4.50. The zero-order valence-electron chi connectivity index (χ0n) is 7.61. The maximum atomic E-state index is 10.6. The number of carboxylic acids is 1. The van der Waals surface area contributed by atoms with E-state index in [9.17, 15) is 9.59 Å². The van der Waals surface area contributed by atoms with Gasteiger partial charge in [0, 0.05) is 12.2 Å². The SMILES string of the molecule is CC(C)=COC(=O)/C=C\C(=O)O.N. The number of ether oxygens (including phenoxy) is 1. The summed E-state index contributed by atoms with van der Waals surface area (Å²) in [4.78, 5) is 20.6. The maximum absolute atomic E-state index is 10.6. The predicted octanol–water partition coefficient (Wildman–Crippen LogP) is 1.26. The van der Waals surface area contributed by atoms with Gasteiger partial charge in [-0.25, -0.2) is 9.59 Å². The van der Waals surface area contributed by atoms with Crippen LogP contribution in [0.15, 0.2) is 24.0 Å². The Morgan fingerprint density at radius 3 is 2.15 bits per heavy atom. The van der Waals surface area contributed by atoms with Gasteiger partial charge in [0.2, 0.25) is 0 Å². The lowest BCUT2D eigenvalue weighted by Gasteiger charge is -1.92. The molecule has 74 valence electrons. The minimum Gasteiger partial charge on any atom is -0.478 e. The highest BCUT2D eigenvalue weighted by Crippen LogP contribution is 1.90. The van der Waals surface area contributed by atoms with Crippen molar-refractivity contribution in [1.29, 1.82) is 0 Å². The van der Waals surface area contributed by atoms with Crippen LogP contribution in [0.2, 0.25) is 0 Å². The average molecular weight is 187 g/mol. The number of carbonyl (C=O) groups is 2. The van der Waals surface area contributed by atoms with E-state index in [0.717, 1.165) is 17.7 Å². The summed E-state index contributed by atoms with van der Waals surface area (Å²) in [5, 5.41) is 8.13. The highest BCUT2D eigenvalue weighted by Gasteiger charge is 1.94. The molecule has 0 atom stereocenters. The fraction of sp³-hybridized carbons (Fsp3) is 0.250. The Bertz CT molecular complexity index is 239. The van der Waals surface area contributed by atoms with Crippen LogP contribution in [0.5, 0.6) is 0 Å². The van der Waals surface area contributed by atoms with Gasteiger partial charge in [-0.15, -0.1) is 0 Å². The summed E-state index contributed by atoms with van der Waals surface area (Å²) in [6.45, 7) is 3.52. The van der Waals surface area contributed by atoms with Crippen LogP contribution in [0.1, 0.15) is 13.8 Å². The second-order valence-corrected chi connectivity index (χ2v) is 2.30. The molecule has 0 aromatic rings. The van der Waals surface area contributed by atoms with E-state index in [1.54, 1.807) is 13.8 Å². The van der Waals surface area contributed by atoms with E-state index in [2.05, 4.69) is 4.74 Å². The number of aliphatic carboxylic acids is 1. The first kappa shape index (κ1) is 13.9. The van der Waals surface area contributed by atoms with Crippen LogP contribution in [0.4, 0.5) is 0 Å². The Kier molecular flexibility index (Phi) is 7.56.